The zero-order valence-corrected chi connectivity index (χ0v) is 12.5. The number of hydrogen-bond donors (Lipinski definition) is 1. The molecule has 0 spiro atoms. The minimum Gasteiger partial charge on any atom is -0.322 e. The summed E-state index contributed by atoms with van der Waals surface area (Å²) in [5.74, 6) is -0.101. The molecule has 21 heavy (non-hydrogen) atoms. The first-order valence-corrected chi connectivity index (χ1v) is 7.25. The fourth-order valence-electron chi connectivity index (χ4n) is 2.11. The number of rotatable bonds is 6. The minimum absolute atomic E-state index is 0.101. The van der Waals surface area contributed by atoms with Gasteiger partial charge in [-0.2, -0.15) is 0 Å². The van der Waals surface area contributed by atoms with Crippen molar-refractivity contribution in [2.45, 2.75) is 20.4 Å². The average molecular weight is 283 g/mol. The lowest BCUT2D eigenvalue weighted by Crippen LogP contribution is -2.22. The third kappa shape index (κ3) is 4.39. The van der Waals surface area contributed by atoms with E-state index in [1.54, 1.807) is 24.5 Å². The molecule has 1 N–H and O–H groups in total. The summed E-state index contributed by atoms with van der Waals surface area (Å²) in [6, 6.07) is 11.3. The Bertz CT molecular complexity index is 562. The third-order valence-electron chi connectivity index (χ3n) is 3.45. The highest BCUT2D eigenvalue weighted by Gasteiger charge is 2.07. The maximum Gasteiger partial charge on any atom is 0.255 e. The number of aromatic nitrogens is 1. The van der Waals surface area contributed by atoms with Crippen molar-refractivity contribution < 1.29 is 4.79 Å². The first-order chi connectivity index (χ1) is 10.2. The number of benzene rings is 1. The first-order valence-electron chi connectivity index (χ1n) is 7.25. The highest BCUT2D eigenvalue weighted by Crippen LogP contribution is 2.10. The van der Waals surface area contributed by atoms with Gasteiger partial charge in [0.2, 0.25) is 0 Å². The van der Waals surface area contributed by atoms with Crippen LogP contribution in [0.4, 0.5) is 5.69 Å². The van der Waals surface area contributed by atoms with Crippen LogP contribution < -0.4 is 5.32 Å². The van der Waals surface area contributed by atoms with Crippen LogP contribution in [-0.4, -0.2) is 28.9 Å². The van der Waals surface area contributed by atoms with Crippen molar-refractivity contribution in [3.63, 3.8) is 0 Å². The van der Waals surface area contributed by atoms with Crippen LogP contribution in [0.15, 0.2) is 48.8 Å². The van der Waals surface area contributed by atoms with E-state index in [9.17, 15) is 4.79 Å². The SMILES string of the molecule is CCN(CC)Cc1ccc(C(=O)Nc2ccncc2)cc1. The van der Waals surface area contributed by atoms with Crippen LogP contribution in [0.25, 0.3) is 0 Å². The van der Waals surface area contributed by atoms with Gasteiger partial charge in [0.05, 0.1) is 0 Å². The molecule has 1 amide bonds. The van der Waals surface area contributed by atoms with Gasteiger partial charge in [-0.3, -0.25) is 14.7 Å². The Hall–Kier alpha value is -2.20. The molecule has 0 saturated heterocycles. The van der Waals surface area contributed by atoms with Gasteiger partial charge in [0.25, 0.3) is 5.91 Å². The Balaban J connectivity index is 2.00. The monoisotopic (exact) mass is 283 g/mol. The van der Waals surface area contributed by atoms with Crippen molar-refractivity contribution in [3.8, 4) is 0 Å². The second-order valence-corrected chi connectivity index (χ2v) is 4.85. The highest BCUT2D eigenvalue weighted by atomic mass is 16.1. The van der Waals surface area contributed by atoms with Crippen molar-refractivity contribution >= 4 is 11.6 Å². The van der Waals surface area contributed by atoms with Crippen LogP contribution in [0.1, 0.15) is 29.8 Å². The normalized spacial score (nSPS) is 10.6. The molecule has 110 valence electrons. The third-order valence-corrected chi connectivity index (χ3v) is 3.45. The smallest absolute Gasteiger partial charge is 0.255 e. The number of pyridine rings is 1. The van der Waals surface area contributed by atoms with Gasteiger partial charge in [0, 0.05) is 30.2 Å². The summed E-state index contributed by atoms with van der Waals surface area (Å²) < 4.78 is 0. The maximum atomic E-state index is 12.1. The van der Waals surface area contributed by atoms with Crippen molar-refractivity contribution in [1.82, 2.24) is 9.88 Å². The summed E-state index contributed by atoms with van der Waals surface area (Å²) >= 11 is 0. The topological polar surface area (TPSA) is 45.2 Å². The minimum atomic E-state index is -0.101. The van der Waals surface area contributed by atoms with E-state index in [2.05, 4.69) is 29.0 Å². The molecule has 4 nitrogen and oxygen atoms in total. The number of anilines is 1. The van der Waals surface area contributed by atoms with E-state index < -0.39 is 0 Å². The molecule has 0 atom stereocenters. The van der Waals surface area contributed by atoms with Crippen molar-refractivity contribution in [3.05, 3.63) is 59.9 Å². The van der Waals surface area contributed by atoms with Gasteiger partial charge in [-0.25, -0.2) is 0 Å². The van der Waals surface area contributed by atoms with Gasteiger partial charge < -0.3 is 5.32 Å². The van der Waals surface area contributed by atoms with Crippen molar-refractivity contribution in [1.29, 1.82) is 0 Å². The average Bonchev–Trinajstić information content (AvgIpc) is 2.54. The number of nitrogens with one attached hydrogen (secondary N) is 1. The quantitative estimate of drug-likeness (QED) is 0.885. The van der Waals surface area contributed by atoms with Gasteiger partial charge in [0.1, 0.15) is 0 Å². The van der Waals surface area contributed by atoms with Gasteiger partial charge in [0.15, 0.2) is 0 Å². The van der Waals surface area contributed by atoms with E-state index >= 15 is 0 Å². The standard InChI is InChI=1S/C17H21N3O/c1-3-20(4-2)13-14-5-7-15(8-6-14)17(21)19-16-9-11-18-12-10-16/h5-12H,3-4,13H2,1-2H3,(H,18,19,21). The molecular formula is C17H21N3O. The molecule has 0 fully saturated rings. The molecular weight excluding hydrogens is 262 g/mol. The Kier molecular flexibility index (Phi) is 5.46. The van der Waals surface area contributed by atoms with E-state index in [4.69, 9.17) is 0 Å². The molecule has 0 aliphatic carbocycles. The zero-order valence-electron chi connectivity index (χ0n) is 12.5. The first kappa shape index (κ1) is 15.2. The molecule has 2 rings (SSSR count). The number of carbonyl (C=O) groups is 1. The van der Waals surface area contributed by atoms with Gasteiger partial charge >= 0.3 is 0 Å². The molecule has 0 saturated carbocycles. The van der Waals surface area contributed by atoms with Crippen LogP contribution in [-0.2, 0) is 6.54 Å². The molecule has 0 unspecified atom stereocenters. The molecule has 1 aromatic heterocycles. The lowest BCUT2D eigenvalue weighted by Gasteiger charge is -2.18. The van der Waals surface area contributed by atoms with E-state index in [1.807, 2.05) is 24.3 Å². The van der Waals surface area contributed by atoms with Gasteiger partial charge in [-0.15, -0.1) is 0 Å². The van der Waals surface area contributed by atoms with E-state index in [0.29, 0.717) is 5.56 Å². The second kappa shape index (κ2) is 7.55. The number of amides is 1. The zero-order chi connectivity index (χ0) is 15.1. The van der Waals surface area contributed by atoms with Crippen LogP contribution in [0.5, 0.6) is 0 Å². The fraction of sp³-hybridized carbons (Fsp3) is 0.294. The predicted molar refractivity (Wildman–Crippen MR) is 85.3 cm³/mol. The summed E-state index contributed by atoms with van der Waals surface area (Å²) in [6.07, 6.45) is 3.31. The Morgan fingerprint density at radius 3 is 2.24 bits per heavy atom. The van der Waals surface area contributed by atoms with Crippen LogP contribution in [0, 0.1) is 0 Å². The van der Waals surface area contributed by atoms with Crippen LogP contribution >= 0.6 is 0 Å². The molecule has 0 aliphatic heterocycles. The number of nitrogens with zero attached hydrogens (tertiary/aromatic N) is 2. The lowest BCUT2D eigenvalue weighted by atomic mass is 10.1. The second-order valence-electron chi connectivity index (χ2n) is 4.85. The van der Waals surface area contributed by atoms with Crippen LogP contribution in [0.3, 0.4) is 0 Å². The largest absolute Gasteiger partial charge is 0.322 e. The molecule has 2 aromatic rings. The summed E-state index contributed by atoms with van der Waals surface area (Å²) in [7, 11) is 0. The molecule has 1 heterocycles. The summed E-state index contributed by atoms with van der Waals surface area (Å²) in [4.78, 5) is 18.4. The predicted octanol–water partition coefficient (Wildman–Crippen LogP) is 3.18. The highest BCUT2D eigenvalue weighted by molar-refractivity contribution is 6.04. The van der Waals surface area contributed by atoms with E-state index in [1.165, 1.54) is 5.56 Å². The Morgan fingerprint density at radius 2 is 1.67 bits per heavy atom. The van der Waals surface area contributed by atoms with E-state index in [-0.39, 0.29) is 5.91 Å². The van der Waals surface area contributed by atoms with E-state index in [0.717, 1.165) is 25.3 Å². The van der Waals surface area contributed by atoms with Gasteiger partial charge in [-0.1, -0.05) is 26.0 Å². The van der Waals surface area contributed by atoms with Crippen molar-refractivity contribution in [2.24, 2.45) is 0 Å². The number of hydrogen-bond acceptors (Lipinski definition) is 3. The Morgan fingerprint density at radius 1 is 1.05 bits per heavy atom. The molecule has 4 heteroatoms. The summed E-state index contributed by atoms with van der Waals surface area (Å²) in [5.41, 5.74) is 2.64. The van der Waals surface area contributed by atoms with Gasteiger partial charge in [-0.05, 0) is 42.9 Å². The molecule has 1 aromatic carbocycles. The molecule has 0 bridgehead atoms. The van der Waals surface area contributed by atoms with Crippen molar-refractivity contribution in [2.75, 3.05) is 18.4 Å². The summed E-state index contributed by atoms with van der Waals surface area (Å²) in [5, 5.41) is 2.85. The Labute approximate surface area is 125 Å². The molecule has 0 aliphatic rings. The van der Waals surface area contributed by atoms with Crippen LogP contribution in [0.2, 0.25) is 0 Å². The summed E-state index contributed by atoms with van der Waals surface area (Å²) in [6.45, 7) is 7.28. The molecule has 0 radical (unpaired) electrons. The maximum absolute atomic E-state index is 12.1. The number of carbonyl (C=O) groups excluding carboxylic acids is 1. The fourth-order valence-corrected chi connectivity index (χ4v) is 2.11. The lowest BCUT2D eigenvalue weighted by molar-refractivity contribution is 0.102.